The smallest absolute Gasteiger partial charge is 0.191 e. The number of thiazole rings is 1. The first-order valence-corrected chi connectivity index (χ1v) is 10.3. The fourth-order valence-electron chi connectivity index (χ4n) is 1.68. The number of hydrogen-bond donors (Lipinski definition) is 2. The molecule has 0 aliphatic heterocycles. The average Bonchev–Trinajstić information content (AvgIpc) is 2.91. The maximum Gasteiger partial charge on any atom is 0.191 e. The van der Waals surface area contributed by atoms with Gasteiger partial charge in [-0.1, -0.05) is 6.92 Å². The van der Waals surface area contributed by atoms with E-state index in [1.54, 1.807) is 32.1 Å². The maximum absolute atomic E-state index is 12.1. The minimum Gasteiger partial charge on any atom is -0.357 e. The van der Waals surface area contributed by atoms with Crippen LogP contribution in [0.3, 0.4) is 0 Å². The van der Waals surface area contributed by atoms with E-state index in [-0.39, 0.29) is 5.75 Å². The first kappa shape index (κ1) is 19.9. The van der Waals surface area contributed by atoms with Gasteiger partial charge in [0.15, 0.2) is 15.8 Å². The van der Waals surface area contributed by atoms with Gasteiger partial charge in [-0.05, 0) is 34.1 Å². The molecule has 8 heteroatoms. The number of hydrogen-bond acceptors (Lipinski definition) is 5. The van der Waals surface area contributed by atoms with E-state index in [4.69, 9.17) is 0 Å². The Balaban J connectivity index is 2.59. The van der Waals surface area contributed by atoms with Gasteiger partial charge in [-0.2, -0.15) is 0 Å². The second-order valence-electron chi connectivity index (χ2n) is 6.13. The van der Waals surface area contributed by atoms with Crippen molar-refractivity contribution in [2.75, 3.05) is 18.8 Å². The number of aryl methyl sites for hydroxylation is 1. The number of aromatic nitrogens is 1. The zero-order valence-corrected chi connectivity index (χ0v) is 16.3. The fraction of sp³-hybridized carbons (Fsp3) is 0.733. The molecule has 1 heterocycles. The monoisotopic (exact) mass is 360 g/mol. The quantitative estimate of drug-likeness (QED) is 0.574. The summed E-state index contributed by atoms with van der Waals surface area (Å²) in [5.41, 5.74) is 0. The minimum absolute atomic E-state index is 0.0815. The van der Waals surface area contributed by atoms with E-state index >= 15 is 0 Å². The average molecular weight is 361 g/mol. The topological polar surface area (TPSA) is 83.4 Å². The number of guanidine groups is 1. The predicted molar refractivity (Wildman–Crippen MR) is 97.9 cm³/mol. The Morgan fingerprint density at radius 3 is 2.52 bits per heavy atom. The highest BCUT2D eigenvalue weighted by Gasteiger charge is 2.28. The fourth-order valence-corrected chi connectivity index (χ4v) is 3.45. The Labute approximate surface area is 143 Å². The molecular formula is C15H28N4O2S2. The molecule has 0 saturated carbocycles. The number of nitrogens with one attached hydrogen (secondary N) is 2. The lowest BCUT2D eigenvalue weighted by Crippen LogP contribution is -2.41. The molecule has 2 N–H and O–H groups in total. The molecule has 1 aromatic rings. The van der Waals surface area contributed by atoms with Crippen molar-refractivity contribution in [1.82, 2.24) is 15.6 Å². The molecule has 0 unspecified atom stereocenters. The zero-order chi connectivity index (χ0) is 17.5. The van der Waals surface area contributed by atoms with Gasteiger partial charge in [-0.15, -0.1) is 11.3 Å². The molecule has 0 radical (unpaired) electrons. The van der Waals surface area contributed by atoms with Crippen molar-refractivity contribution in [3.63, 3.8) is 0 Å². The highest BCUT2D eigenvalue weighted by molar-refractivity contribution is 7.92. The Hall–Kier alpha value is -1.15. The Morgan fingerprint density at radius 1 is 1.30 bits per heavy atom. The molecule has 1 rings (SSSR count). The van der Waals surface area contributed by atoms with Gasteiger partial charge in [0.1, 0.15) is 5.01 Å². The van der Waals surface area contributed by atoms with Crippen LogP contribution in [0.2, 0.25) is 0 Å². The summed E-state index contributed by atoms with van der Waals surface area (Å²) in [6, 6.07) is 0. The Kier molecular flexibility index (Phi) is 7.47. The standard InChI is InChI=1S/C15H28N4O2S2/c1-6-12-10-18-13(22-12)11-19-14(16-7-2)17-8-9-23(20,21)15(3,4)5/h10H,6-9,11H2,1-5H3,(H2,16,17,19). The summed E-state index contributed by atoms with van der Waals surface area (Å²) in [7, 11) is -3.13. The molecule has 132 valence electrons. The largest absolute Gasteiger partial charge is 0.357 e. The molecule has 0 aliphatic carbocycles. The SMILES string of the molecule is CCNC(=NCc1ncc(CC)s1)NCCS(=O)(=O)C(C)(C)C. The molecule has 6 nitrogen and oxygen atoms in total. The summed E-state index contributed by atoms with van der Waals surface area (Å²) in [6.45, 7) is 10.8. The van der Waals surface area contributed by atoms with Gasteiger partial charge in [0.25, 0.3) is 0 Å². The highest BCUT2D eigenvalue weighted by Crippen LogP contribution is 2.15. The van der Waals surface area contributed by atoms with Crippen molar-refractivity contribution < 1.29 is 8.42 Å². The van der Waals surface area contributed by atoms with Crippen LogP contribution in [0.25, 0.3) is 0 Å². The molecule has 0 spiro atoms. The van der Waals surface area contributed by atoms with Gasteiger partial charge in [0.2, 0.25) is 0 Å². The second kappa shape index (κ2) is 8.63. The molecule has 1 aromatic heterocycles. The lowest BCUT2D eigenvalue weighted by atomic mass is 10.3. The Bertz CT molecular complexity index is 616. The molecule has 0 amide bonds. The van der Waals surface area contributed by atoms with Crippen molar-refractivity contribution >= 4 is 27.1 Å². The van der Waals surface area contributed by atoms with Crippen LogP contribution < -0.4 is 10.6 Å². The molecule has 0 bridgehead atoms. The van der Waals surface area contributed by atoms with Gasteiger partial charge in [-0.25, -0.2) is 18.4 Å². The first-order valence-electron chi connectivity index (χ1n) is 7.87. The van der Waals surface area contributed by atoms with Crippen molar-refractivity contribution in [3.05, 3.63) is 16.1 Å². The number of aliphatic imine (C=N–C) groups is 1. The molecule has 0 fully saturated rings. The zero-order valence-electron chi connectivity index (χ0n) is 14.6. The van der Waals surface area contributed by atoms with E-state index in [1.165, 1.54) is 4.88 Å². The molecule has 0 aliphatic rings. The third kappa shape index (κ3) is 6.47. The van der Waals surface area contributed by atoms with E-state index in [0.717, 1.165) is 18.0 Å². The third-order valence-corrected chi connectivity index (χ3v) is 7.00. The summed E-state index contributed by atoms with van der Waals surface area (Å²) >= 11 is 1.65. The number of sulfone groups is 1. The lowest BCUT2D eigenvalue weighted by Gasteiger charge is -2.19. The summed E-state index contributed by atoms with van der Waals surface area (Å²) in [6.07, 6.45) is 2.86. The van der Waals surface area contributed by atoms with Crippen molar-refractivity contribution in [2.24, 2.45) is 4.99 Å². The van der Waals surface area contributed by atoms with Crippen LogP contribution in [-0.4, -0.2) is 43.0 Å². The van der Waals surface area contributed by atoms with Crippen LogP contribution in [-0.2, 0) is 22.8 Å². The van der Waals surface area contributed by atoms with Gasteiger partial charge in [0.05, 0.1) is 17.0 Å². The van der Waals surface area contributed by atoms with E-state index in [1.807, 2.05) is 13.1 Å². The molecule has 0 saturated heterocycles. The molecular weight excluding hydrogens is 332 g/mol. The van der Waals surface area contributed by atoms with Gasteiger partial charge < -0.3 is 10.6 Å². The lowest BCUT2D eigenvalue weighted by molar-refractivity contribution is 0.559. The summed E-state index contributed by atoms with van der Waals surface area (Å²) in [5, 5.41) is 7.16. The summed E-state index contributed by atoms with van der Waals surface area (Å²) in [4.78, 5) is 10.0. The summed E-state index contributed by atoms with van der Waals surface area (Å²) < 4.78 is 23.5. The van der Waals surface area contributed by atoms with Crippen molar-refractivity contribution in [2.45, 2.75) is 52.3 Å². The second-order valence-corrected chi connectivity index (χ2v) is 10.2. The summed E-state index contributed by atoms with van der Waals surface area (Å²) in [5.74, 6) is 0.697. The van der Waals surface area contributed by atoms with E-state index in [0.29, 0.717) is 19.0 Å². The van der Waals surface area contributed by atoms with Crippen LogP contribution in [0.4, 0.5) is 0 Å². The molecule has 23 heavy (non-hydrogen) atoms. The van der Waals surface area contributed by atoms with Crippen LogP contribution in [0, 0.1) is 0 Å². The van der Waals surface area contributed by atoms with E-state index in [2.05, 4.69) is 27.5 Å². The van der Waals surface area contributed by atoms with Crippen LogP contribution in [0.15, 0.2) is 11.2 Å². The van der Waals surface area contributed by atoms with Crippen LogP contribution in [0.1, 0.15) is 44.5 Å². The molecule has 0 atom stereocenters. The highest BCUT2D eigenvalue weighted by atomic mass is 32.2. The van der Waals surface area contributed by atoms with Crippen LogP contribution in [0.5, 0.6) is 0 Å². The number of rotatable bonds is 7. The predicted octanol–water partition coefficient (Wildman–Crippen LogP) is 1.97. The van der Waals surface area contributed by atoms with Crippen LogP contribution >= 0.6 is 11.3 Å². The van der Waals surface area contributed by atoms with Gasteiger partial charge in [0, 0.05) is 24.2 Å². The normalized spacial score (nSPS) is 13.2. The first-order chi connectivity index (χ1) is 10.7. The van der Waals surface area contributed by atoms with E-state index < -0.39 is 14.6 Å². The van der Waals surface area contributed by atoms with E-state index in [9.17, 15) is 8.42 Å². The van der Waals surface area contributed by atoms with Gasteiger partial charge in [-0.3, -0.25) is 0 Å². The van der Waals surface area contributed by atoms with Crippen molar-refractivity contribution in [1.29, 1.82) is 0 Å². The minimum atomic E-state index is -3.13. The third-order valence-electron chi connectivity index (χ3n) is 3.26. The number of nitrogens with zero attached hydrogens (tertiary/aromatic N) is 2. The Morgan fingerprint density at radius 2 is 2.00 bits per heavy atom. The molecule has 0 aromatic carbocycles. The van der Waals surface area contributed by atoms with Crippen molar-refractivity contribution in [3.8, 4) is 0 Å². The van der Waals surface area contributed by atoms with Gasteiger partial charge >= 0.3 is 0 Å². The maximum atomic E-state index is 12.1.